The zero-order chi connectivity index (χ0) is 24.2. The molecule has 2 aliphatic carbocycles. The molecule has 0 radical (unpaired) electrons. The first-order valence-electron chi connectivity index (χ1n) is 10.4. The van der Waals surface area contributed by atoms with Crippen LogP contribution in [-0.2, 0) is 28.7 Å². The molecule has 8 heteroatoms. The predicted octanol–water partition coefficient (Wildman–Crippen LogP) is 3.99. The van der Waals surface area contributed by atoms with Crippen molar-refractivity contribution in [3.8, 4) is 0 Å². The average Bonchev–Trinajstić information content (AvgIpc) is 3.00. The second kappa shape index (κ2) is 12.9. The van der Waals surface area contributed by atoms with Gasteiger partial charge in [-0.15, -0.1) is 0 Å². The number of esters is 2. The van der Waals surface area contributed by atoms with Crippen LogP contribution in [0.5, 0.6) is 0 Å². The van der Waals surface area contributed by atoms with Crippen molar-refractivity contribution in [3.63, 3.8) is 0 Å². The highest BCUT2D eigenvalue weighted by atomic mass is 16.5. The van der Waals surface area contributed by atoms with Gasteiger partial charge in [-0.05, 0) is 37.0 Å². The van der Waals surface area contributed by atoms with Crippen LogP contribution >= 0.6 is 0 Å². The largest absolute Gasteiger partial charge is 0.481 e. The Morgan fingerprint density at radius 2 is 1.68 bits per heavy atom. The number of fused-ring (bicyclic) bond motifs is 2. The minimum absolute atomic E-state index is 0.0942. The van der Waals surface area contributed by atoms with Crippen molar-refractivity contribution >= 4 is 23.9 Å². The first kappa shape index (κ1) is 28.4. The monoisotopic (exact) mass is 440 g/mol. The number of hydrogen-bond acceptors (Lipinski definition) is 6. The van der Waals surface area contributed by atoms with Crippen molar-refractivity contribution < 1.29 is 38.9 Å². The van der Waals surface area contributed by atoms with Gasteiger partial charge in [-0.25, -0.2) is 14.4 Å². The van der Waals surface area contributed by atoms with Crippen LogP contribution in [0.2, 0.25) is 0 Å². The maximum atomic E-state index is 11.3. The van der Waals surface area contributed by atoms with Gasteiger partial charge in [-0.3, -0.25) is 4.79 Å². The standard InChI is InChI=1S/C13H20O2.C8H12O4.C2H4O2/c1-5-11(14)15-10-8-9-6-7-13(10,4)12(9,2)3;1-2-3-6-12-8(11)5-4-7(9)10;1-2(3)4/h5,9-10H,1,6-8H2,2-4H3;4-5H,2-3,6H2,1H3,(H,9,10);1H3,(H,3,4)/b;5-4-;. The Morgan fingerprint density at radius 1 is 1.10 bits per heavy atom. The summed E-state index contributed by atoms with van der Waals surface area (Å²) in [4.78, 5) is 40.8. The Kier molecular flexibility index (Phi) is 11.8. The van der Waals surface area contributed by atoms with E-state index in [9.17, 15) is 14.4 Å². The molecule has 2 saturated carbocycles. The molecule has 0 spiro atoms. The third kappa shape index (κ3) is 8.94. The minimum Gasteiger partial charge on any atom is -0.481 e. The van der Waals surface area contributed by atoms with Crippen molar-refractivity contribution in [2.75, 3.05) is 6.61 Å². The van der Waals surface area contributed by atoms with Crippen LogP contribution in [0.15, 0.2) is 24.8 Å². The lowest BCUT2D eigenvalue weighted by atomic mass is 9.70. The third-order valence-electron chi connectivity index (χ3n) is 6.24. The molecule has 8 nitrogen and oxygen atoms in total. The van der Waals surface area contributed by atoms with Crippen LogP contribution in [0.25, 0.3) is 0 Å². The molecule has 2 bridgehead atoms. The fraction of sp³-hybridized carbons (Fsp3) is 0.652. The Hall–Kier alpha value is -2.64. The van der Waals surface area contributed by atoms with Gasteiger partial charge in [0.25, 0.3) is 5.97 Å². The maximum Gasteiger partial charge on any atom is 0.331 e. The number of rotatable bonds is 7. The van der Waals surface area contributed by atoms with E-state index in [4.69, 9.17) is 19.7 Å². The molecule has 0 saturated heterocycles. The molecular formula is C23H36O8. The number of carbonyl (C=O) groups excluding carboxylic acids is 2. The van der Waals surface area contributed by atoms with Gasteiger partial charge in [0, 0.05) is 30.6 Å². The summed E-state index contributed by atoms with van der Waals surface area (Å²) in [6.45, 7) is 13.7. The summed E-state index contributed by atoms with van der Waals surface area (Å²) in [5.41, 5.74) is 0.468. The molecule has 0 aromatic heterocycles. The molecule has 3 atom stereocenters. The number of ether oxygens (including phenoxy) is 2. The van der Waals surface area contributed by atoms with Gasteiger partial charge >= 0.3 is 17.9 Å². The molecule has 0 aromatic rings. The van der Waals surface area contributed by atoms with E-state index in [0.29, 0.717) is 17.9 Å². The van der Waals surface area contributed by atoms with E-state index in [1.165, 1.54) is 18.9 Å². The first-order valence-corrected chi connectivity index (χ1v) is 10.4. The lowest BCUT2D eigenvalue weighted by molar-refractivity contribution is -0.150. The van der Waals surface area contributed by atoms with E-state index in [0.717, 1.165) is 38.3 Å². The molecule has 176 valence electrons. The molecule has 2 fully saturated rings. The van der Waals surface area contributed by atoms with E-state index in [1.807, 2.05) is 6.92 Å². The summed E-state index contributed by atoms with van der Waals surface area (Å²) in [5, 5.41) is 15.6. The van der Waals surface area contributed by atoms with Gasteiger partial charge in [0.2, 0.25) is 0 Å². The van der Waals surface area contributed by atoms with Crippen molar-refractivity contribution in [3.05, 3.63) is 24.8 Å². The zero-order valence-corrected chi connectivity index (χ0v) is 19.2. The Bertz CT molecular complexity index is 675. The zero-order valence-electron chi connectivity index (χ0n) is 19.2. The first-order chi connectivity index (χ1) is 14.3. The molecule has 3 unspecified atom stereocenters. The van der Waals surface area contributed by atoms with E-state index < -0.39 is 17.9 Å². The van der Waals surface area contributed by atoms with Crippen LogP contribution in [-0.4, -0.2) is 46.8 Å². The molecule has 2 rings (SSSR count). The number of carboxylic acids is 2. The fourth-order valence-corrected chi connectivity index (χ4v) is 4.00. The molecule has 2 aliphatic rings. The molecule has 0 amide bonds. The van der Waals surface area contributed by atoms with Gasteiger partial charge in [-0.1, -0.05) is 40.7 Å². The Labute approximate surface area is 184 Å². The summed E-state index contributed by atoms with van der Waals surface area (Å²) in [5.74, 6) is -2.15. The topological polar surface area (TPSA) is 127 Å². The summed E-state index contributed by atoms with van der Waals surface area (Å²) >= 11 is 0. The van der Waals surface area contributed by atoms with Gasteiger partial charge in [-0.2, -0.15) is 0 Å². The number of aliphatic carboxylic acids is 2. The van der Waals surface area contributed by atoms with Gasteiger partial charge < -0.3 is 19.7 Å². The van der Waals surface area contributed by atoms with E-state index >= 15 is 0 Å². The van der Waals surface area contributed by atoms with Crippen molar-refractivity contribution in [2.45, 2.75) is 72.8 Å². The smallest absolute Gasteiger partial charge is 0.331 e. The molecular weight excluding hydrogens is 404 g/mol. The third-order valence-corrected chi connectivity index (χ3v) is 6.24. The number of hydrogen-bond donors (Lipinski definition) is 2. The predicted molar refractivity (Wildman–Crippen MR) is 115 cm³/mol. The molecule has 0 aliphatic heterocycles. The molecule has 0 aromatic carbocycles. The van der Waals surface area contributed by atoms with E-state index in [2.05, 4.69) is 32.1 Å². The lowest BCUT2D eigenvalue weighted by Crippen LogP contribution is -2.38. The van der Waals surface area contributed by atoms with Gasteiger partial charge in [0.05, 0.1) is 6.61 Å². The number of unbranched alkanes of at least 4 members (excludes halogenated alkanes) is 1. The summed E-state index contributed by atoms with van der Waals surface area (Å²) in [7, 11) is 0. The summed E-state index contributed by atoms with van der Waals surface area (Å²) in [6.07, 6.45) is 8.25. The highest BCUT2D eigenvalue weighted by Crippen LogP contribution is 2.66. The minimum atomic E-state index is -1.15. The summed E-state index contributed by atoms with van der Waals surface area (Å²) in [6, 6.07) is 0. The van der Waals surface area contributed by atoms with Crippen LogP contribution in [0.3, 0.4) is 0 Å². The number of carbonyl (C=O) groups is 4. The lowest BCUT2D eigenvalue weighted by Gasteiger charge is -2.38. The number of carboxylic acid groups (broad SMARTS) is 2. The highest BCUT2D eigenvalue weighted by molar-refractivity contribution is 5.90. The second-order valence-corrected chi connectivity index (χ2v) is 8.45. The van der Waals surface area contributed by atoms with Crippen molar-refractivity contribution in [1.29, 1.82) is 0 Å². The van der Waals surface area contributed by atoms with E-state index in [1.54, 1.807) is 0 Å². The van der Waals surface area contributed by atoms with Crippen LogP contribution in [0.4, 0.5) is 0 Å². The Morgan fingerprint density at radius 3 is 2.06 bits per heavy atom. The SMILES string of the molecule is C=CC(=O)OC1CC2CCC1(C)C2(C)C.CC(=O)O.CCCCOC(=O)/C=C\C(=O)O. The average molecular weight is 441 g/mol. The molecule has 0 heterocycles. The maximum absolute atomic E-state index is 11.3. The summed E-state index contributed by atoms with van der Waals surface area (Å²) < 4.78 is 10.1. The van der Waals surface area contributed by atoms with Crippen molar-refractivity contribution in [1.82, 2.24) is 0 Å². The van der Waals surface area contributed by atoms with Gasteiger partial charge in [0.15, 0.2) is 0 Å². The highest BCUT2D eigenvalue weighted by Gasteiger charge is 2.62. The van der Waals surface area contributed by atoms with Crippen LogP contribution in [0.1, 0.15) is 66.7 Å². The normalized spacial score (nSPS) is 24.8. The Balaban J connectivity index is 0.000000507. The molecule has 31 heavy (non-hydrogen) atoms. The van der Waals surface area contributed by atoms with Crippen molar-refractivity contribution in [2.24, 2.45) is 16.7 Å². The van der Waals surface area contributed by atoms with Crippen LogP contribution in [0, 0.1) is 16.7 Å². The molecule has 2 N–H and O–H groups in total. The van der Waals surface area contributed by atoms with E-state index in [-0.39, 0.29) is 17.5 Å². The van der Waals surface area contributed by atoms with Crippen LogP contribution < -0.4 is 0 Å². The quantitative estimate of drug-likeness (QED) is 0.345. The second-order valence-electron chi connectivity index (χ2n) is 8.45. The van der Waals surface area contributed by atoms with Gasteiger partial charge in [0.1, 0.15) is 6.10 Å². The fourth-order valence-electron chi connectivity index (χ4n) is 4.00.